The lowest BCUT2D eigenvalue weighted by molar-refractivity contribution is 0.245. The number of hydrogen-bond acceptors (Lipinski definition) is 2. The van der Waals surface area contributed by atoms with Gasteiger partial charge in [-0.2, -0.15) is 0 Å². The summed E-state index contributed by atoms with van der Waals surface area (Å²) in [4.78, 5) is 0. The van der Waals surface area contributed by atoms with E-state index in [0.717, 1.165) is 25.0 Å². The summed E-state index contributed by atoms with van der Waals surface area (Å²) < 4.78 is 5.30. The van der Waals surface area contributed by atoms with Crippen molar-refractivity contribution in [2.75, 3.05) is 7.11 Å². The molecule has 2 N–H and O–H groups in total. The molecule has 76 valence electrons. The van der Waals surface area contributed by atoms with E-state index in [1.54, 1.807) is 7.11 Å². The highest BCUT2D eigenvalue weighted by Crippen LogP contribution is 2.34. The molecule has 1 aliphatic rings. The molecule has 2 nitrogen and oxygen atoms in total. The second-order valence-corrected chi connectivity index (χ2v) is 4.20. The summed E-state index contributed by atoms with van der Waals surface area (Å²) in [7, 11) is 1.71. The predicted octanol–water partition coefficient (Wildman–Crippen LogP) is 2.12. The quantitative estimate of drug-likeness (QED) is 0.794. The van der Waals surface area contributed by atoms with Crippen molar-refractivity contribution < 1.29 is 4.74 Å². The first-order valence-corrected chi connectivity index (χ1v) is 5.14. The number of hydrogen-bond donors (Lipinski definition) is 1. The lowest BCUT2D eigenvalue weighted by Crippen LogP contribution is -2.48. The van der Waals surface area contributed by atoms with Gasteiger partial charge in [-0.05, 0) is 37.3 Å². The van der Waals surface area contributed by atoms with E-state index < -0.39 is 0 Å². The van der Waals surface area contributed by atoms with Gasteiger partial charge >= 0.3 is 0 Å². The Morgan fingerprint density at radius 1 is 1.36 bits per heavy atom. The first-order valence-electron chi connectivity index (χ1n) is 5.14. The van der Waals surface area contributed by atoms with Gasteiger partial charge in [0.15, 0.2) is 0 Å². The normalized spacial score (nSPS) is 18.7. The minimum atomic E-state index is 0.0363. The van der Waals surface area contributed by atoms with Crippen molar-refractivity contribution in [3.05, 3.63) is 29.8 Å². The summed E-state index contributed by atoms with van der Waals surface area (Å²) in [6.45, 7) is 0. The lowest BCUT2D eigenvalue weighted by atomic mass is 9.73. The highest BCUT2D eigenvalue weighted by Gasteiger charge is 2.33. The van der Waals surface area contributed by atoms with Crippen molar-refractivity contribution in [3.8, 4) is 5.75 Å². The fourth-order valence-corrected chi connectivity index (χ4v) is 2.04. The maximum absolute atomic E-state index is 6.20. The number of benzene rings is 1. The van der Waals surface area contributed by atoms with Gasteiger partial charge in [-0.3, -0.25) is 0 Å². The highest BCUT2D eigenvalue weighted by atomic mass is 16.5. The molecule has 1 aromatic carbocycles. The molecule has 1 aliphatic carbocycles. The molecule has 1 saturated carbocycles. The van der Waals surface area contributed by atoms with Crippen LogP contribution in [-0.4, -0.2) is 12.6 Å². The summed E-state index contributed by atoms with van der Waals surface area (Å²) in [6.07, 6.45) is 4.50. The van der Waals surface area contributed by atoms with Gasteiger partial charge in [0.1, 0.15) is 5.75 Å². The zero-order valence-corrected chi connectivity index (χ0v) is 8.62. The first kappa shape index (κ1) is 9.53. The molecule has 0 heterocycles. The van der Waals surface area contributed by atoms with Gasteiger partial charge in [0.25, 0.3) is 0 Å². The van der Waals surface area contributed by atoms with Crippen molar-refractivity contribution in [2.45, 2.75) is 31.2 Å². The Kier molecular flexibility index (Phi) is 2.46. The summed E-state index contributed by atoms with van der Waals surface area (Å²) in [5, 5.41) is 0. The largest absolute Gasteiger partial charge is 0.496 e. The minimum Gasteiger partial charge on any atom is -0.496 e. The van der Waals surface area contributed by atoms with Gasteiger partial charge in [-0.1, -0.05) is 18.2 Å². The molecule has 0 atom stereocenters. The third-order valence-corrected chi connectivity index (χ3v) is 3.08. The average molecular weight is 191 g/mol. The van der Waals surface area contributed by atoms with Gasteiger partial charge < -0.3 is 10.5 Å². The van der Waals surface area contributed by atoms with Crippen LogP contribution in [0.4, 0.5) is 0 Å². The Bertz CT molecular complexity index is 318. The van der Waals surface area contributed by atoms with Crippen molar-refractivity contribution in [2.24, 2.45) is 5.73 Å². The van der Waals surface area contributed by atoms with E-state index in [1.807, 2.05) is 18.2 Å². The van der Waals surface area contributed by atoms with Gasteiger partial charge in [-0.15, -0.1) is 0 Å². The number of ether oxygens (including phenoxy) is 1. The fourth-order valence-electron chi connectivity index (χ4n) is 2.04. The van der Waals surface area contributed by atoms with Crippen LogP contribution in [-0.2, 0) is 6.42 Å². The maximum Gasteiger partial charge on any atom is 0.122 e. The molecule has 0 unspecified atom stereocenters. The Labute approximate surface area is 85.1 Å². The molecular formula is C12H17NO. The molecule has 0 aromatic heterocycles. The zero-order chi connectivity index (χ0) is 10.0. The number of para-hydroxylation sites is 1. The zero-order valence-electron chi connectivity index (χ0n) is 8.62. The second kappa shape index (κ2) is 3.62. The van der Waals surface area contributed by atoms with E-state index in [1.165, 1.54) is 12.0 Å². The third-order valence-electron chi connectivity index (χ3n) is 3.08. The number of nitrogens with two attached hydrogens (primary N) is 1. The van der Waals surface area contributed by atoms with Crippen LogP contribution in [0.3, 0.4) is 0 Å². The molecule has 0 aliphatic heterocycles. The van der Waals surface area contributed by atoms with Gasteiger partial charge in [-0.25, -0.2) is 0 Å². The molecule has 1 aromatic rings. The Hall–Kier alpha value is -1.02. The summed E-state index contributed by atoms with van der Waals surface area (Å²) >= 11 is 0. The summed E-state index contributed by atoms with van der Waals surface area (Å²) in [5.74, 6) is 0.962. The van der Waals surface area contributed by atoms with Crippen LogP contribution in [0.15, 0.2) is 24.3 Å². The van der Waals surface area contributed by atoms with Gasteiger partial charge in [0, 0.05) is 5.54 Å². The standard InChI is InChI=1S/C12H17NO/c1-14-11-6-3-2-5-10(11)9-12(13)7-4-8-12/h2-3,5-6H,4,7-9,13H2,1H3. The van der Waals surface area contributed by atoms with Crippen molar-refractivity contribution in [3.63, 3.8) is 0 Å². The van der Waals surface area contributed by atoms with Crippen LogP contribution in [0.2, 0.25) is 0 Å². The SMILES string of the molecule is COc1ccccc1CC1(N)CCC1. The van der Waals surface area contributed by atoms with E-state index in [4.69, 9.17) is 10.5 Å². The summed E-state index contributed by atoms with van der Waals surface area (Å²) in [6, 6.07) is 8.13. The number of rotatable bonds is 3. The molecule has 2 rings (SSSR count). The van der Waals surface area contributed by atoms with Crippen LogP contribution in [0.1, 0.15) is 24.8 Å². The Morgan fingerprint density at radius 2 is 2.07 bits per heavy atom. The molecule has 0 amide bonds. The monoisotopic (exact) mass is 191 g/mol. The van der Waals surface area contributed by atoms with Crippen LogP contribution in [0.5, 0.6) is 5.75 Å². The van der Waals surface area contributed by atoms with Crippen molar-refractivity contribution in [1.82, 2.24) is 0 Å². The van der Waals surface area contributed by atoms with Crippen molar-refractivity contribution in [1.29, 1.82) is 0 Å². The van der Waals surface area contributed by atoms with E-state index >= 15 is 0 Å². The van der Waals surface area contributed by atoms with Gasteiger partial charge in [0.05, 0.1) is 7.11 Å². The topological polar surface area (TPSA) is 35.2 Å². The molecule has 2 heteroatoms. The van der Waals surface area contributed by atoms with Crippen LogP contribution in [0.25, 0.3) is 0 Å². The Balaban J connectivity index is 2.15. The fraction of sp³-hybridized carbons (Fsp3) is 0.500. The highest BCUT2D eigenvalue weighted by molar-refractivity contribution is 5.35. The third kappa shape index (κ3) is 1.75. The molecule has 0 spiro atoms. The lowest BCUT2D eigenvalue weighted by Gasteiger charge is -2.38. The average Bonchev–Trinajstić information content (AvgIpc) is 2.16. The number of methoxy groups -OCH3 is 1. The maximum atomic E-state index is 6.20. The molecule has 14 heavy (non-hydrogen) atoms. The minimum absolute atomic E-state index is 0.0363. The van der Waals surface area contributed by atoms with Gasteiger partial charge in [0.2, 0.25) is 0 Å². The van der Waals surface area contributed by atoms with E-state index in [0.29, 0.717) is 0 Å². The van der Waals surface area contributed by atoms with Crippen LogP contribution >= 0.6 is 0 Å². The van der Waals surface area contributed by atoms with Crippen molar-refractivity contribution >= 4 is 0 Å². The predicted molar refractivity (Wildman–Crippen MR) is 57.5 cm³/mol. The molecule has 0 bridgehead atoms. The smallest absolute Gasteiger partial charge is 0.122 e. The van der Waals surface area contributed by atoms with E-state index in [2.05, 4.69) is 6.07 Å². The van der Waals surface area contributed by atoms with E-state index in [9.17, 15) is 0 Å². The second-order valence-electron chi connectivity index (χ2n) is 4.20. The molecular weight excluding hydrogens is 174 g/mol. The van der Waals surface area contributed by atoms with Crippen LogP contribution < -0.4 is 10.5 Å². The summed E-state index contributed by atoms with van der Waals surface area (Å²) in [5.41, 5.74) is 7.47. The first-order chi connectivity index (χ1) is 6.73. The molecule has 1 fully saturated rings. The van der Waals surface area contributed by atoms with Crippen LogP contribution in [0, 0.1) is 0 Å². The Morgan fingerprint density at radius 3 is 2.64 bits per heavy atom. The molecule has 0 saturated heterocycles. The van der Waals surface area contributed by atoms with E-state index in [-0.39, 0.29) is 5.54 Å². The molecule has 0 radical (unpaired) electrons.